The van der Waals surface area contributed by atoms with Crippen molar-refractivity contribution in [2.45, 2.75) is 31.7 Å². The van der Waals surface area contributed by atoms with Crippen LogP contribution in [0.15, 0.2) is 23.1 Å². The van der Waals surface area contributed by atoms with E-state index in [1.807, 2.05) is 0 Å². The zero-order chi connectivity index (χ0) is 16.5. The lowest BCUT2D eigenvalue weighted by Gasteiger charge is -2.36. The van der Waals surface area contributed by atoms with Crippen molar-refractivity contribution in [2.75, 3.05) is 26.2 Å². The second kappa shape index (κ2) is 6.31. The van der Waals surface area contributed by atoms with Crippen LogP contribution in [0.5, 0.6) is 0 Å². The fourth-order valence-electron chi connectivity index (χ4n) is 2.58. The largest absolute Gasteiger partial charge is 0.298 e. The van der Waals surface area contributed by atoms with Crippen LogP contribution in [0.25, 0.3) is 0 Å². The molecule has 22 heavy (non-hydrogen) atoms. The molecular weight excluding hydrogens is 306 g/mol. The monoisotopic (exact) mass is 327 g/mol. The maximum Gasteiger partial charge on any atom is 0.270 e. The Morgan fingerprint density at radius 2 is 1.77 bits per heavy atom. The topological polar surface area (TPSA) is 83.8 Å². The maximum absolute atomic E-state index is 12.7. The highest BCUT2D eigenvalue weighted by Gasteiger charge is 2.31. The van der Waals surface area contributed by atoms with E-state index in [1.54, 1.807) is 6.92 Å². The quantitative estimate of drug-likeness (QED) is 0.620. The van der Waals surface area contributed by atoms with Gasteiger partial charge in [-0.1, -0.05) is 6.07 Å². The fraction of sp³-hybridized carbons (Fsp3) is 0.571. The van der Waals surface area contributed by atoms with Crippen molar-refractivity contribution in [3.8, 4) is 0 Å². The lowest BCUT2D eigenvalue weighted by molar-refractivity contribution is -0.385. The Labute approximate surface area is 130 Å². The highest BCUT2D eigenvalue weighted by atomic mass is 32.2. The van der Waals surface area contributed by atoms with Crippen LogP contribution >= 0.6 is 0 Å². The van der Waals surface area contributed by atoms with Crippen LogP contribution in [0, 0.1) is 17.0 Å². The second-order valence-corrected chi connectivity index (χ2v) is 7.65. The van der Waals surface area contributed by atoms with E-state index >= 15 is 0 Å². The highest BCUT2D eigenvalue weighted by molar-refractivity contribution is 7.89. The second-order valence-electron chi connectivity index (χ2n) is 5.74. The zero-order valence-electron chi connectivity index (χ0n) is 13.0. The maximum atomic E-state index is 12.7. The molecule has 1 aromatic rings. The number of hydrogen-bond acceptors (Lipinski definition) is 5. The van der Waals surface area contributed by atoms with Gasteiger partial charge in [0.15, 0.2) is 0 Å². The van der Waals surface area contributed by atoms with Crippen molar-refractivity contribution >= 4 is 15.7 Å². The number of piperazine rings is 1. The van der Waals surface area contributed by atoms with Gasteiger partial charge in [0, 0.05) is 44.4 Å². The highest BCUT2D eigenvalue weighted by Crippen LogP contribution is 2.25. The van der Waals surface area contributed by atoms with Crippen LogP contribution in [0.2, 0.25) is 0 Å². The average molecular weight is 327 g/mol. The molecule has 0 aromatic heterocycles. The first-order chi connectivity index (χ1) is 10.2. The summed E-state index contributed by atoms with van der Waals surface area (Å²) < 4.78 is 26.9. The summed E-state index contributed by atoms with van der Waals surface area (Å²) in [7, 11) is -3.70. The molecule has 0 saturated carbocycles. The summed E-state index contributed by atoms with van der Waals surface area (Å²) >= 11 is 0. The van der Waals surface area contributed by atoms with E-state index in [2.05, 4.69) is 18.7 Å². The summed E-state index contributed by atoms with van der Waals surface area (Å²) in [5, 5.41) is 10.9. The van der Waals surface area contributed by atoms with Crippen LogP contribution in [-0.4, -0.2) is 54.8 Å². The lowest BCUT2D eigenvalue weighted by atomic mass is 10.2. The molecule has 7 nitrogen and oxygen atoms in total. The van der Waals surface area contributed by atoms with Crippen molar-refractivity contribution in [3.05, 3.63) is 33.9 Å². The van der Waals surface area contributed by atoms with Crippen molar-refractivity contribution in [3.63, 3.8) is 0 Å². The summed E-state index contributed by atoms with van der Waals surface area (Å²) in [5.41, 5.74) is 0.321. The number of hydrogen-bond donors (Lipinski definition) is 0. The predicted molar refractivity (Wildman–Crippen MR) is 83.3 cm³/mol. The Balaban J connectivity index is 2.28. The summed E-state index contributed by atoms with van der Waals surface area (Å²) in [5.74, 6) is 0. The Morgan fingerprint density at radius 1 is 1.18 bits per heavy atom. The van der Waals surface area contributed by atoms with Gasteiger partial charge in [-0.15, -0.1) is 0 Å². The molecule has 1 heterocycles. The first kappa shape index (κ1) is 16.9. The number of aryl methyl sites for hydroxylation is 1. The van der Waals surface area contributed by atoms with Gasteiger partial charge in [0.25, 0.3) is 5.69 Å². The normalized spacial score (nSPS) is 17.8. The van der Waals surface area contributed by atoms with E-state index < -0.39 is 14.9 Å². The van der Waals surface area contributed by atoms with E-state index in [9.17, 15) is 18.5 Å². The van der Waals surface area contributed by atoms with Gasteiger partial charge in [-0.25, -0.2) is 8.42 Å². The van der Waals surface area contributed by atoms with Gasteiger partial charge < -0.3 is 0 Å². The van der Waals surface area contributed by atoms with Gasteiger partial charge in [0.2, 0.25) is 10.0 Å². The molecule has 0 unspecified atom stereocenters. The molecule has 1 aromatic carbocycles. The molecule has 122 valence electrons. The molecule has 0 radical (unpaired) electrons. The van der Waals surface area contributed by atoms with Gasteiger partial charge >= 0.3 is 0 Å². The SMILES string of the molecule is Cc1ccc([N+](=O)[O-])cc1S(=O)(=O)N1CCN(C(C)C)CC1. The van der Waals surface area contributed by atoms with E-state index in [0.717, 1.165) is 6.07 Å². The summed E-state index contributed by atoms with van der Waals surface area (Å²) in [4.78, 5) is 12.5. The van der Waals surface area contributed by atoms with Crippen LogP contribution in [0.4, 0.5) is 5.69 Å². The zero-order valence-corrected chi connectivity index (χ0v) is 13.8. The van der Waals surface area contributed by atoms with Gasteiger partial charge in [-0.2, -0.15) is 4.31 Å². The first-order valence-electron chi connectivity index (χ1n) is 7.22. The van der Waals surface area contributed by atoms with E-state index in [4.69, 9.17) is 0 Å². The van der Waals surface area contributed by atoms with Gasteiger partial charge in [-0.3, -0.25) is 15.0 Å². The smallest absolute Gasteiger partial charge is 0.270 e. The Morgan fingerprint density at radius 3 is 2.27 bits per heavy atom. The molecule has 0 amide bonds. The summed E-state index contributed by atoms with van der Waals surface area (Å²) in [6.45, 7) is 7.96. The Kier molecular flexibility index (Phi) is 4.84. The Hall–Kier alpha value is -1.51. The van der Waals surface area contributed by atoms with Gasteiger partial charge in [0.1, 0.15) is 0 Å². The number of benzene rings is 1. The average Bonchev–Trinajstić information content (AvgIpc) is 2.47. The number of nitro groups is 1. The third-order valence-corrected chi connectivity index (χ3v) is 6.04. The van der Waals surface area contributed by atoms with Crippen molar-refractivity contribution in [2.24, 2.45) is 0 Å². The first-order valence-corrected chi connectivity index (χ1v) is 8.66. The number of rotatable bonds is 4. The molecule has 0 bridgehead atoms. The molecule has 1 aliphatic heterocycles. The molecular formula is C14H21N3O4S. The number of nitrogens with zero attached hydrogens (tertiary/aromatic N) is 3. The van der Waals surface area contributed by atoms with Crippen molar-refractivity contribution in [1.82, 2.24) is 9.21 Å². The van der Waals surface area contributed by atoms with Crippen molar-refractivity contribution < 1.29 is 13.3 Å². The summed E-state index contributed by atoms with van der Waals surface area (Å²) in [6, 6.07) is 4.34. The van der Waals surface area contributed by atoms with E-state index in [-0.39, 0.29) is 10.6 Å². The fourth-order valence-corrected chi connectivity index (χ4v) is 4.25. The molecule has 0 aliphatic carbocycles. The van der Waals surface area contributed by atoms with Crippen LogP contribution < -0.4 is 0 Å². The van der Waals surface area contributed by atoms with Gasteiger partial charge in [0.05, 0.1) is 9.82 Å². The lowest BCUT2D eigenvalue weighted by Crippen LogP contribution is -2.50. The summed E-state index contributed by atoms with van der Waals surface area (Å²) in [6.07, 6.45) is 0. The van der Waals surface area contributed by atoms with E-state index in [0.29, 0.717) is 37.8 Å². The van der Waals surface area contributed by atoms with Crippen molar-refractivity contribution in [1.29, 1.82) is 0 Å². The molecule has 1 aliphatic rings. The molecule has 1 saturated heterocycles. The van der Waals surface area contributed by atoms with E-state index in [1.165, 1.54) is 16.4 Å². The third-order valence-electron chi connectivity index (χ3n) is 4.00. The minimum absolute atomic E-state index is 0.0275. The standard InChI is InChI=1S/C14H21N3O4S/c1-11(2)15-6-8-16(9-7-15)22(20,21)14-10-13(17(18)19)5-4-12(14)3/h4-5,10-11H,6-9H2,1-3H3. The minimum atomic E-state index is -3.70. The third kappa shape index (κ3) is 3.29. The van der Waals surface area contributed by atoms with Gasteiger partial charge in [-0.05, 0) is 26.3 Å². The van der Waals surface area contributed by atoms with Crippen LogP contribution in [0.1, 0.15) is 19.4 Å². The Bertz CT molecular complexity index is 665. The minimum Gasteiger partial charge on any atom is -0.298 e. The predicted octanol–water partition coefficient (Wildman–Crippen LogP) is 1.62. The molecule has 2 rings (SSSR count). The molecule has 0 N–H and O–H groups in total. The molecule has 1 fully saturated rings. The molecule has 8 heteroatoms. The molecule has 0 atom stereocenters. The number of nitro benzene ring substituents is 1. The number of sulfonamides is 1. The van der Waals surface area contributed by atoms with Crippen LogP contribution in [0.3, 0.4) is 0 Å². The van der Waals surface area contributed by atoms with Crippen LogP contribution in [-0.2, 0) is 10.0 Å². The molecule has 0 spiro atoms. The number of non-ortho nitro benzene ring substituents is 1.